The molecule has 0 aliphatic carbocycles. The Morgan fingerprint density at radius 3 is 1.74 bits per heavy atom. The third-order valence-corrected chi connectivity index (χ3v) is 11.6. The van der Waals surface area contributed by atoms with Gasteiger partial charge in [-0.15, -0.1) is 22.7 Å². The van der Waals surface area contributed by atoms with Crippen molar-refractivity contribution in [2.24, 2.45) is 0 Å². The van der Waals surface area contributed by atoms with E-state index in [-0.39, 0.29) is 23.2 Å². The number of benzene rings is 2. The predicted molar refractivity (Wildman–Crippen MR) is 189 cm³/mol. The van der Waals surface area contributed by atoms with Crippen molar-refractivity contribution in [3.63, 3.8) is 0 Å². The third-order valence-electron chi connectivity index (χ3n) is 6.14. The molecule has 4 aromatic heterocycles. The molecule has 2 N–H and O–H groups in total. The van der Waals surface area contributed by atoms with Crippen molar-refractivity contribution in [1.82, 2.24) is 30.6 Å². The number of rotatable bonds is 8. The highest BCUT2D eigenvalue weighted by atomic mass is 35.5. The van der Waals surface area contributed by atoms with Crippen LogP contribution in [0.1, 0.15) is 21.0 Å². The number of nitrogens with one attached hydrogen (secondary N) is 2. The second-order valence-corrected chi connectivity index (χ2v) is 14.5. The third kappa shape index (κ3) is 8.00. The lowest BCUT2D eigenvalue weighted by atomic mass is 10.3. The van der Waals surface area contributed by atoms with Crippen LogP contribution in [0.5, 0.6) is 23.0 Å². The minimum atomic E-state index is -1.17. The van der Waals surface area contributed by atoms with Gasteiger partial charge in [0.15, 0.2) is 8.68 Å². The van der Waals surface area contributed by atoms with Gasteiger partial charge in [0.25, 0.3) is 11.8 Å². The van der Waals surface area contributed by atoms with E-state index in [0.717, 1.165) is 14.6 Å². The summed E-state index contributed by atoms with van der Waals surface area (Å²) >= 11 is 17.2. The van der Waals surface area contributed by atoms with E-state index in [2.05, 4.69) is 30.6 Å². The number of amides is 2. The van der Waals surface area contributed by atoms with Crippen molar-refractivity contribution in [3.05, 3.63) is 82.4 Å². The molecule has 1 unspecified atom stereocenters. The van der Waals surface area contributed by atoms with Gasteiger partial charge < -0.3 is 20.1 Å². The number of ether oxygens (including phenoxy) is 2. The van der Waals surface area contributed by atoms with Crippen LogP contribution >= 0.6 is 57.6 Å². The minimum Gasteiger partial charge on any atom is -0.456 e. The summed E-state index contributed by atoms with van der Waals surface area (Å²) in [6.07, 6.45) is 6.54. The van der Waals surface area contributed by atoms with Crippen LogP contribution in [0, 0.1) is 0 Å². The van der Waals surface area contributed by atoms with Crippen LogP contribution in [-0.4, -0.2) is 62.6 Å². The molecular formula is C30H24Cl2N6O5S4. The largest absolute Gasteiger partial charge is 0.456 e. The first-order valence-corrected chi connectivity index (χ1v) is 18.6. The summed E-state index contributed by atoms with van der Waals surface area (Å²) in [4.78, 5) is 40.0. The van der Waals surface area contributed by atoms with E-state index in [4.69, 9.17) is 32.7 Å². The molecule has 0 aliphatic rings. The Kier molecular flexibility index (Phi) is 11.3. The average molecular weight is 748 g/mol. The fourth-order valence-corrected chi connectivity index (χ4v) is 7.72. The molecule has 1 atom stereocenters. The highest BCUT2D eigenvalue weighted by molar-refractivity contribution is 8.00. The SMILES string of the molecule is CNC(=O)c1cc(Oc2ccc3nc(S(C)=O)sc3c2Cl)ccn1.CNC(=O)c1cc(Oc2ccc3nc(SC)sc3c2Cl)ccn1. The second kappa shape index (κ2) is 15.4. The fourth-order valence-electron chi connectivity index (χ4n) is 3.92. The molecule has 242 valence electrons. The second-order valence-electron chi connectivity index (χ2n) is 9.19. The molecule has 0 saturated carbocycles. The highest BCUT2D eigenvalue weighted by Gasteiger charge is 2.16. The molecule has 0 bridgehead atoms. The maximum Gasteiger partial charge on any atom is 0.269 e. The van der Waals surface area contributed by atoms with E-state index in [1.165, 1.54) is 48.2 Å². The zero-order valence-electron chi connectivity index (χ0n) is 25.0. The normalized spacial score (nSPS) is 11.4. The Balaban J connectivity index is 0.000000185. The number of carbonyl (C=O) groups is 2. The van der Waals surface area contributed by atoms with E-state index >= 15 is 0 Å². The van der Waals surface area contributed by atoms with Crippen molar-refractivity contribution >= 4 is 101 Å². The van der Waals surface area contributed by atoms with Gasteiger partial charge in [-0.2, -0.15) is 0 Å². The number of nitrogens with zero attached hydrogens (tertiary/aromatic N) is 4. The lowest BCUT2D eigenvalue weighted by Crippen LogP contribution is -2.18. The summed E-state index contributed by atoms with van der Waals surface area (Å²) in [6, 6.07) is 13.5. The number of hydrogen-bond donors (Lipinski definition) is 2. The summed E-state index contributed by atoms with van der Waals surface area (Å²) < 4.78 is 26.2. The van der Waals surface area contributed by atoms with Crippen molar-refractivity contribution in [1.29, 1.82) is 0 Å². The lowest BCUT2D eigenvalue weighted by Gasteiger charge is -2.08. The lowest BCUT2D eigenvalue weighted by molar-refractivity contribution is 0.0950. The van der Waals surface area contributed by atoms with Crippen LogP contribution in [0.3, 0.4) is 0 Å². The molecule has 6 aromatic rings. The van der Waals surface area contributed by atoms with Gasteiger partial charge in [0.2, 0.25) is 0 Å². The molecule has 11 nitrogen and oxygen atoms in total. The van der Waals surface area contributed by atoms with Gasteiger partial charge in [0.05, 0.1) is 31.2 Å². The number of aromatic nitrogens is 4. The monoisotopic (exact) mass is 746 g/mol. The van der Waals surface area contributed by atoms with E-state index < -0.39 is 10.8 Å². The fraction of sp³-hybridized carbons (Fsp3) is 0.133. The molecule has 0 fully saturated rings. The van der Waals surface area contributed by atoms with Gasteiger partial charge in [0.1, 0.15) is 44.4 Å². The first kappa shape index (κ1) is 34.5. The van der Waals surface area contributed by atoms with Crippen LogP contribution < -0.4 is 20.1 Å². The summed E-state index contributed by atoms with van der Waals surface area (Å²) in [6.45, 7) is 0. The number of halogens is 2. The summed E-state index contributed by atoms with van der Waals surface area (Å²) in [7, 11) is 1.91. The van der Waals surface area contributed by atoms with Gasteiger partial charge in [-0.3, -0.25) is 23.8 Å². The predicted octanol–water partition coefficient (Wildman–Crippen LogP) is 7.45. The number of pyridine rings is 2. The molecular weight excluding hydrogens is 724 g/mol. The van der Waals surface area contributed by atoms with E-state index in [1.807, 2.05) is 12.3 Å². The summed E-state index contributed by atoms with van der Waals surface area (Å²) in [5, 5.41) is 5.93. The Labute approximate surface area is 293 Å². The van der Waals surface area contributed by atoms with Crippen LogP contribution in [0.2, 0.25) is 10.0 Å². The zero-order valence-corrected chi connectivity index (χ0v) is 29.8. The molecule has 0 radical (unpaired) electrons. The summed E-state index contributed by atoms with van der Waals surface area (Å²) in [5.41, 5.74) is 2.04. The van der Waals surface area contributed by atoms with Gasteiger partial charge >= 0.3 is 0 Å². The smallest absolute Gasteiger partial charge is 0.269 e. The van der Waals surface area contributed by atoms with Crippen molar-refractivity contribution in [3.8, 4) is 23.0 Å². The van der Waals surface area contributed by atoms with Crippen molar-refractivity contribution in [2.45, 2.75) is 8.68 Å². The molecule has 0 saturated heterocycles. The van der Waals surface area contributed by atoms with Gasteiger partial charge in [0, 0.05) is 44.9 Å². The van der Waals surface area contributed by atoms with Crippen molar-refractivity contribution in [2.75, 3.05) is 26.6 Å². The molecule has 0 aliphatic heterocycles. The van der Waals surface area contributed by atoms with Gasteiger partial charge in [-0.05, 0) is 42.7 Å². The number of thiazole rings is 2. The van der Waals surface area contributed by atoms with Gasteiger partial charge in [-0.25, -0.2) is 9.97 Å². The molecule has 0 spiro atoms. The first-order chi connectivity index (χ1) is 22.6. The van der Waals surface area contributed by atoms with Crippen LogP contribution in [0.4, 0.5) is 0 Å². The molecule has 6 rings (SSSR count). The molecule has 47 heavy (non-hydrogen) atoms. The zero-order chi connectivity index (χ0) is 33.7. The maximum absolute atomic E-state index is 11.6. The van der Waals surface area contributed by atoms with E-state index in [0.29, 0.717) is 47.6 Å². The average Bonchev–Trinajstić information content (AvgIpc) is 3.73. The summed E-state index contributed by atoms with van der Waals surface area (Å²) in [5.74, 6) is 1.30. The quantitative estimate of drug-likeness (QED) is 0.151. The van der Waals surface area contributed by atoms with Crippen LogP contribution in [0.25, 0.3) is 20.4 Å². The van der Waals surface area contributed by atoms with Crippen LogP contribution in [-0.2, 0) is 10.8 Å². The number of fused-ring (bicyclic) bond motifs is 2. The Bertz CT molecular complexity index is 2140. The standard InChI is InChI=1S/C15H12ClN3O3S2.C15H12ClN3O2S2/c1-17-14(20)10-7-8(5-6-18-10)22-11-4-3-9-13(12(11)16)23-15(19-9)24(2)21;1-17-14(20)10-7-8(5-6-18-10)21-11-4-3-9-13(12(11)16)23-15(19-9)22-2/h3-7H,1-2H3,(H,17,20);3-7H,1-2H3,(H,17,20). The van der Waals surface area contributed by atoms with Crippen molar-refractivity contribution < 1.29 is 23.3 Å². The number of hydrogen-bond acceptors (Lipinski definition) is 12. The Morgan fingerprint density at radius 1 is 0.787 bits per heavy atom. The van der Waals surface area contributed by atoms with E-state index in [1.54, 1.807) is 61.5 Å². The first-order valence-electron chi connectivity index (χ1n) is 13.4. The molecule has 4 heterocycles. The molecule has 2 amide bonds. The highest BCUT2D eigenvalue weighted by Crippen LogP contribution is 2.41. The minimum absolute atomic E-state index is 0.244. The number of carbonyl (C=O) groups excluding carboxylic acids is 2. The topological polar surface area (TPSA) is 145 Å². The number of thioether (sulfide) groups is 1. The van der Waals surface area contributed by atoms with Gasteiger partial charge in [-0.1, -0.05) is 35.0 Å². The Hall–Kier alpha value is -3.86. The molecule has 17 heteroatoms. The van der Waals surface area contributed by atoms with Crippen LogP contribution in [0.15, 0.2) is 69.6 Å². The Morgan fingerprint density at radius 2 is 1.28 bits per heavy atom. The van der Waals surface area contributed by atoms with E-state index in [9.17, 15) is 13.8 Å². The molecule has 2 aromatic carbocycles. The maximum atomic E-state index is 11.6.